The van der Waals surface area contributed by atoms with Gasteiger partial charge in [-0.2, -0.15) is 0 Å². The molecule has 138 valence electrons. The van der Waals surface area contributed by atoms with Gasteiger partial charge in [-0.05, 0) is 23.3 Å². The molecule has 0 bridgehead atoms. The van der Waals surface area contributed by atoms with Crippen molar-refractivity contribution in [3.05, 3.63) is 40.1 Å². The molecule has 26 heavy (non-hydrogen) atoms. The molecule has 1 heterocycles. The van der Waals surface area contributed by atoms with Crippen LogP contribution in [0.25, 0.3) is 11.1 Å². The number of ether oxygens (including phenoxy) is 3. The molecule has 0 aromatic heterocycles. The van der Waals surface area contributed by atoms with Crippen molar-refractivity contribution in [1.29, 1.82) is 0 Å². The molecule has 6 nitrogen and oxygen atoms in total. The second kappa shape index (κ2) is 5.79. The van der Waals surface area contributed by atoms with Crippen LogP contribution in [0.15, 0.2) is 18.2 Å². The Balaban J connectivity index is 2.12. The van der Waals surface area contributed by atoms with E-state index in [4.69, 9.17) is 14.2 Å². The Morgan fingerprint density at radius 1 is 1.04 bits per heavy atom. The van der Waals surface area contributed by atoms with Gasteiger partial charge in [-0.3, -0.25) is 0 Å². The van der Waals surface area contributed by atoms with E-state index in [1.165, 1.54) is 7.11 Å². The van der Waals surface area contributed by atoms with E-state index in [0.717, 1.165) is 22.3 Å². The zero-order chi connectivity index (χ0) is 18.6. The summed E-state index contributed by atoms with van der Waals surface area (Å²) in [5.74, 6) is 1.62. The Bertz CT molecular complexity index is 891. The lowest BCUT2D eigenvalue weighted by Crippen LogP contribution is -2.48. The highest BCUT2D eigenvalue weighted by atomic mass is 16.5. The number of hydrogen-bond acceptors (Lipinski definition) is 5. The number of likely N-dealkylation sites (N-methyl/N-ethyl adjacent to an activating group) is 1. The summed E-state index contributed by atoms with van der Waals surface area (Å²) in [5.41, 5.74) is 4.36. The average molecular weight is 357 g/mol. The molecule has 1 aliphatic heterocycles. The molecule has 4 rings (SSSR count). The maximum absolute atomic E-state index is 13.2. The molecule has 2 atom stereocenters. The molecule has 2 aromatic rings. The van der Waals surface area contributed by atoms with E-state index in [1.807, 2.05) is 18.2 Å². The van der Waals surface area contributed by atoms with Crippen LogP contribution in [0.3, 0.4) is 0 Å². The van der Waals surface area contributed by atoms with Crippen LogP contribution in [0.2, 0.25) is 0 Å². The number of benzene rings is 2. The number of rotatable bonds is 3. The first-order valence-electron chi connectivity index (χ1n) is 8.66. The summed E-state index contributed by atoms with van der Waals surface area (Å²) < 4.78 is 16.1. The van der Waals surface area contributed by atoms with E-state index in [1.54, 1.807) is 21.3 Å². The van der Waals surface area contributed by atoms with Gasteiger partial charge in [0.1, 0.15) is 6.04 Å². The molecule has 0 amide bonds. The molecule has 0 spiro atoms. The average Bonchev–Trinajstić information content (AvgIpc) is 2.64. The molecule has 6 heteroatoms. The molecule has 1 aliphatic carbocycles. The van der Waals surface area contributed by atoms with Crippen LogP contribution < -0.4 is 14.2 Å². The lowest BCUT2D eigenvalue weighted by molar-refractivity contribution is -0.894. The van der Waals surface area contributed by atoms with E-state index in [-0.39, 0.29) is 16.4 Å². The van der Waals surface area contributed by atoms with Crippen molar-refractivity contribution in [2.45, 2.75) is 18.9 Å². The van der Waals surface area contributed by atoms with Crippen molar-refractivity contribution < 1.29 is 24.0 Å². The summed E-state index contributed by atoms with van der Waals surface area (Å²) in [7, 11) is 6.42. The molecule has 0 saturated carbocycles. The van der Waals surface area contributed by atoms with Gasteiger partial charge in [0, 0.05) is 29.5 Å². The van der Waals surface area contributed by atoms with Crippen molar-refractivity contribution in [3.8, 4) is 34.1 Å². The van der Waals surface area contributed by atoms with Crippen molar-refractivity contribution >= 4 is 0 Å². The van der Waals surface area contributed by atoms with Crippen LogP contribution in [-0.2, 0) is 12.8 Å². The SMILES string of the molecule is COc1cc2c3c(c1O)-c1c(ccc(OC)c1OC)CC3[N+](C)([O-])CC2. The van der Waals surface area contributed by atoms with Crippen LogP contribution in [0.1, 0.15) is 22.7 Å². The fourth-order valence-corrected chi connectivity index (χ4v) is 4.40. The zero-order valence-corrected chi connectivity index (χ0v) is 15.5. The number of phenols is 1. The first-order valence-corrected chi connectivity index (χ1v) is 8.66. The highest BCUT2D eigenvalue weighted by Gasteiger charge is 2.42. The van der Waals surface area contributed by atoms with Crippen LogP contribution in [-0.4, -0.2) is 44.7 Å². The molecule has 0 fully saturated rings. The van der Waals surface area contributed by atoms with Gasteiger partial charge in [0.2, 0.25) is 0 Å². The van der Waals surface area contributed by atoms with E-state index in [9.17, 15) is 10.3 Å². The monoisotopic (exact) mass is 357 g/mol. The van der Waals surface area contributed by atoms with Crippen LogP contribution in [0.5, 0.6) is 23.0 Å². The quantitative estimate of drug-likeness (QED) is 0.675. The second-order valence-corrected chi connectivity index (χ2v) is 7.08. The third kappa shape index (κ3) is 2.19. The maximum Gasteiger partial charge on any atom is 0.168 e. The van der Waals surface area contributed by atoms with Crippen molar-refractivity contribution in [1.82, 2.24) is 0 Å². The topological polar surface area (TPSA) is 71.0 Å². The van der Waals surface area contributed by atoms with Gasteiger partial charge >= 0.3 is 0 Å². The number of fused-ring (bicyclic) bond motifs is 2. The predicted molar refractivity (Wildman–Crippen MR) is 97.8 cm³/mol. The number of aromatic hydroxyl groups is 1. The van der Waals surface area contributed by atoms with Gasteiger partial charge in [0.15, 0.2) is 23.0 Å². The van der Waals surface area contributed by atoms with E-state index in [0.29, 0.717) is 42.2 Å². The minimum Gasteiger partial charge on any atom is -0.633 e. The first kappa shape index (κ1) is 17.0. The number of hydrogen-bond donors (Lipinski definition) is 1. The minimum atomic E-state index is -0.348. The van der Waals surface area contributed by atoms with Gasteiger partial charge in [-0.25, -0.2) is 0 Å². The number of phenolic OH excluding ortho intramolecular Hbond substituents is 1. The summed E-state index contributed by atoms with van der Waals surface area (Å²) >= 11 is 0. The van der Waals surface area contributed by atoms with E-state index >= 15 is 0 Å². The van der Waals surface area contributed by atoms with Crippen molar-refractivity contribution in [2.75, 3.05) is 34.9 Å². The summed E-state index contributed by atoms with van der Waals surface area (Å²) in [6.07, 6.45) is 1.25. The zero-order valence-electron chi connectivity index (χ0n) is 15.5. The van der Waals surface area contributed by atoms with Crippen LogP contribution >= 0.6 is 0 Å². The highest BCUT2D eigenvalue weighted by Crippen LogP contribution is 2.57. The molecule has 2 unspecified atom stereocenters. The third-order valence-electron chi connectivity index (χ3n) is 5.72. The van der Waals surface area contributed by atoms with Crippen LogP contribution in [0.4, 0.5) is 0 Å². The Kier molecular flexibility index (Phi) is 3.78. The lowest BCUT2D eigenvalue weighted by atomic mass is 9.76. The van der Waals surface area contributed by atoms with Gasteiger partial charge in [-0.1, -0.05) is 6.07 Å². The summed E-state index contributed by atoms with van der Waals surface area (Å²) in [6, 6.07) is 5.40. The van der Waals surface area contributed by atoms with Gasteiger partial charge < -0.3 is 29.2 Å². The third-order valence-corrected chi connectivity index (χ3v) is 5.72. The largest absolute Gasteiger partial charge is 0.633 e. The molecular weight excluding hydrogens is 334 g/mol. The Labute approximate surface area is 152 Å². The Hall–Kier alpha value is -2.44. The molecule has 2 aromatic carbocycles. The number of nitrogens with zero attached hydrogens (tertiary/aromatic N) is 1. The maximum atomic E-state index is 13.2. The fourth-order valence-electron chi connectivity index (χ4n) is 4.40. The lowest BCUT2D eigenvalue weighted by Gasteiger charge is -2.51. The normalized spacial score (nSPS) is 23.0. The Morgan fingerprint density at radius 2 is 1.77 bits per heavy atom. The van der Waals surface area contributed by atoms with E-state index < -0.39 is 0 Å². The Morgan fingerprint density at radius 3 is 2.42 bits per heavy atom. The molecule has 0 saturated heterocycles. The fraction of sp³-hybridized carbons (Fsp3) is 0.400. The van der Waals surface area contributed by atoms with Gasteiger partial charge in [0.25, 0.3) is 0 Å². The van der Waals surface area contributed by atoms with Crippen LogP contribution in [0, 0.1) is 5.21 Å². The number of quaternary nitrogens is 1. The van der Waals surface area contributed by atoms with Crippen molar-refractivity contribution in [2.24, 2.45) is 0 Å². The summed E-state index contributed by atoms with van der Waals surface area (Å²) in [6.45, 7) is 0.508. The van der Waals surface area contributed by atoms with Gasteiger partial charge in [0.05, 0.1) is 34.9 Å². The van der Waals surface area contributed by atoms with Crippen molar-refractivity contribution in [3.63, 3.8) is 0 Å². The molecule has 0 radical (unpaired) electrons. The van der Waals surface area contributed by atoms with Gasteiger partial charge in [-0.15, -0.1) is 0 Å². The summed E-state index contributed by atoms with van der Waals surface area (Å²) in [5, 5.41) is 24.1. The second-order valence-electron chi connectivity index (χ2n) is 7.08. The minimum absolute atomic E-state index is 0.0469. The van der Waals surface area contributed by atoms with E-state index in [2.05, 4.69) is 0 Å². The smallest absolute Gasteiger partial charge is 0.168 e. The number of methoxy groups -OCH3 is 3. The molecular formula is C20H23NO5. The molecule has 1 N–H and O–H groups in total. The summed E-state index contributed by atoms with van der Waals surface area (Å²) in [4.78, 5) is 0. The first-order chi connectivity index (χ1) is 12.4. The number of hydroxylamine groups is 3. The molecule has 2 aliphatic rings. The predicted octanol–water partition coefficient (Wildman–Crippen LogP) is 3.18. The highest BCUT2D eigenvalue weighted by molar-refractivity contribution is 5.88. The standard InChI is InChI=1S/C20H23NO5/c1-21(23)8-7-12-10-15(25-3)19(22)18-16(12)13(21)9-11-5-6-14(24-2)20(26-4)17(11)18/h5-6,10,13,22H,7-9H2,1-4H3.